The molecule has 5 nitrogen and oxygen atoms in total. The van der Waals surface area contributed by atoms with Crippen LogP contribution in [0, 0.1) is 5.92 Å². The van der Waals surface area contributed by atoms with Gasteiger partial charge in [-0.3, -0.25) is 9.59 Å². The van der Waals surface area contributed by atoms with Gasteiger partial charge in [0, 0.05) is 12.0 Å². The Bertz CT molecular complexity index is 582. The fourth-order valence-corrected chi connectivity index (χ4v) is 3.72. The number of nitrogens with one attached hydrogen (secondary N) is 1. The molecule has 0 bridgehead atoms. The predicted molar refractivity (Wildman–Crippen MR) is 93.6 cm³/mol. The Kier molecular flexibility index (Phi) is 6.23. The molecular formula is C19H28N2O3. The highest BCUT2D eigenvalue weighted by atomic mass is 16.5. The number of nitrogens with two attached hydrogens (primary N) is 1. The molecule has 0 aromatic heterocycles. The molecule has 1 aliphatic carbocycles. The third kappa shape index (κ3) is 4.98. The highest BCUT2D eigenvalue weighted by Crippen LogP contribution is 2.34. The molecule has 0 aliphatic heterocycles. The first kappa shape index (κ1) is 18.3. The summed E-state index contributed by atoms with van der Waals surface area (Å²) in [5.41, 5.74) is 5.76. The van der Waals surface area contributed by atoms with E-state index in [0.717, 1.165) is 37.0 Å². The number of hydrogen-bond donors (Lipinski definition) is 2. The van der Waals surface area contributed by atoms with Crippen molar-refractivity contribution in [2.24, 2.45) is 11.7 Å². The van der Waals surface area contributed by atoms with Crippen molar-refractivity contribution in [3.05, 3.63) is 29.8 Å². The van der Waals surface area contributed by atoms with Crippen LogP contribution in [0.4, 0.5) is 0 Å². The number of ether oxygens (including phenoxy) is 1. The average Bonchev–Trinajstić information content (AvgIpc) is 2.55. The van der Waals surface area contributed by atoms with Gasteiger partial charge in [0.2, 0.25) is 11.8 Å². The molecule has 24 heavy (non-hydrogen) atoms. The second kappa shape index (κ2) is 8.18. The van der Waals surface area contributed by atoms with Crippen molar-refractivity contribution in [3.8, 4) is 5.75 Å². The molecule has 0 radical (unpaired) electrons. The summed E-state index contributed by atoms with van der Waals surface area (Å²) in [7, 11) is 1.60. The molecule has 5 heteroatoms. The van der Waals surface area contributed by atoms with Crippen LogP contribution in [0.5, 0.6) is 5.75 Å². The zero-order valence-corrected chi connectivity index (χ0v) is 14.6. The summed E-state index contributed by atoms with van der Waals surface area (Å²) in [6.07, 6.45) is 6.02. The van der Waals surface area contributed by atoms with Crippen LogP contribution in [0.15, 0.2) is 24.3 Å². The van der Waals surface area contributed by atoms with Gasteiger partial charge in [0.25, 0.3) is 0 Å². The van der Waals surface area contributed by atoms with Crippen molar-refractivity contribution in [3.63, 3.8) is 0 Å². The fraction of sp³-hybridized carbons (Fsp3) is 0.579. The minimum absolute atomic E-state index is 0.0856. The number of primary amides is 1. The predicted octanol–water partition coefficient (Wildman–Crippen LogP) is 2.57. The molecule has 1 aliphatic rings. The maximum Gasteiger partial charge on any atom is 0.224 e. The number of hydrogen-bond acceptors (Lipinski definition) is 3. The van der Waals surface area contributed by atoms with E-state index in [1.165, 1.54) is 6.42 Å². The van der Waals surface area contributed by atoms with Gasteiger partial charge < -0.3 is 15.8 Å². The van der Waals surface area contributed by atoms with E-state index in [-0.39, 0.29) is 24.7 Å². The van der Waals surface area contributed by atoms with Gasteiger partial charge in [-0.2, -0.15) is 0 Å². The molecule has 1 unspecified atom stereocenters. The van der Waals surface area contributed by atoms with E-state index in [4.69, 9.17) is 10.5 Å². The van der Waals surface area contributed by atoms with Crippen LogP contribution in [0.1, 0.15) is 51.0 Å². The highest BCUT2D eigenvalue weighted by Gasteiger charge is 2.37. The van der Waals surface area contributed by atoms with Crippen molar-refractivity contribution in [1.82, 2.24) is 5.32 Å². The van der Waals surface area contributed by atoms with E-state index in [1.807, 2.05) is 31.2 Å². The van der Waals surface area contributed by atoms with Crippen molar-refractivity contribution in [1.29, 1.82) is 0 Å². The molecule has 2 rings (SSSR count). The summed E-state index contributed by atoms with van der Waals surface area (Å²) in [5, 5.41) is 3.10. The number of carbonyl (C=O) groups is 2. The third-order valence-electron chi connectivity index (χ3n) is 4.97. The highest BCUT2D eigenvalue weighted by molar-refractivity contribution is 5.81. The number of rotatable bonds is 7. The summed E-state index contributed by atoms with van der Waals surface area (Å²) in [5.74, 6) is 0.572. The van der Waals surface area contributed by atoms with Crippen molar-refractivity contribution >= 4 is 11.8 Å². The zero-order valence-electron chi connectivity index (χ0n) is 14.6. The van der Waals surface area contributed by atoms with Gasteiger partial charge in [-0.05, 0) is 43.4 Å². The van der Waals surface area contributed by atoms with Gasteiger partial charge in [0.15, 0.2) is 0 Å². The summed E-state index contributed by atoms with van der Waals surface area (Å²) in [6.45, 7) is 1.96. The van der Waals surface area contributed by atoms with Gasteiger partial charge in [-0.15, -0.1) is 0 Å². The molecule has 1 aromatic carbocycles. The molecule has 0 heterocycles. The number of methoxy groups -OCH3 is 1. The van der Waals surface area contributed by atoms with E-state index in [2.05, 4.69) is 5.32 Å². The lowest BCUT2D eigenvalue weighted by Crippen LogP contribution is -2.54. The minimum Gasteiger partial charge on any atom is -0.497 e. The number of carbonyl (C=O) groups excluding carboxylic acids is 2. The third-order valence-corrected chi connectivity index (χ3v) is 4.97. The van der Waals surface area contributed by atoms with Crippen LogP contribution in [0.3, 0.4) is 0 Å². The van der Waals surface area contributed by atoms with Crippen LogP contribution in [0.25, 0.3) is 0 Å². The Morgan fingerprint density at radius 2 is 2.00 bits per heavy atom. The monoisotopic (exact) mass is 332 g/mol. The molecule has 3 N–H and O–H groups in total. The van der Waals surface area contributed by atoms with Crippen LogP contribution < -0.4 is 15.8 Å². The molecule has 1 aromatic rings. The minimum atomic E-state index is -0.567. The van der Waals surface area contributed by atoms with E-state index in [9.17, 15) is 9.59 Å². The van der Waals surface area contributed by atoms with E-state index in [1.54, 1.807) is 7.11 Å². The lowest BCUT2D eigenvalue weighted by Gasteiger charge is -2.40. The molecule has 1 atom stereocenters. The van der Waals surface area contributed by atoms with Gasteiger partial charge >= 0.3 is 0 Å². The Morgan fingerprint density at radius 3 is 2.62 bits per heavy atom. The van der Waals surface area contributed by atoms with Gasteiger partial charge in [0.05, 0.1) is 13.5 Å². The number of benzene rings is 1. The quantitative estimate of drug-likeness (QED) is 0.805. The van der Waals surface area contributed by atoms with Crippen LogP contribution >= 0.6 is 0 Å². The normalized spacial score (nSPS) is 17.8. The molecule has 2 amide bonds. The van der Waals surface area contributed by atoms with Gasteiger partial charge in [-0.1, -0.05) is 31.4 Å². The SMILES string of the molecule is COc1cccc(CC(=O)NC(C)(CC(N)=O)C2CCCCC2)c1. The second-order valence-corrected chi connectivity index (χ2v) is 6.97. The topological polar surface area (TPSA) is 81.4 Å². The first-order valence-corrected chi connectivity index (χ1v) is 8.65. The zero-order chi connectivity index (χ0) is 17.6. The Labute approximate surface area is 143 Å². The second-order valence-electron chi connectivity index (χ2n) is 6.97. The molecular weight excluding hydrogens is 304 g/mol. The smallest absolute Gasteiger partial charge is 0.224 e. The van der Waals surface area contributed by atoms with Crippen LogP contribution in [0.2, 0.25) is 0 Å². The first-order valence-electron chi connectivity index (χ1n) is 8.65. The van der Waals surface area contributed by atoms with Crippen molar-refractivity contribution < 1.29 is 14.3 Å². The van der Waals surface area contributed by atoms with E-state index >= 15 is 0 Å². The lowest BCUT2D eigenvalue weighted by atomic mass is 9.73. The standard InChI is InChI=1S/C19H28N2O3/c1-19(13-17(20)22,15-8-4-3-5-9-15)21-18(23)12-14-7-6-10-16(11-14)24-2/h6-7,10-11,15H,3-5,8-9,12-13H2,1-2H3,(H2,20,22)(H,21,23). The largest absolute Gasteiger partial charge is 0.497 e. The molecule has 0 spiro atoms. The first-order chi connectivity index (χ1) is 11.4. The Hall–Kier alpha value is -2.04. The maximum absolute atomic E-state index is 12.5. The average molecular weight is 332 g/mol. The van der Waals surface area contributed by atoms with E-state index in [0.29, 0.717) is 5.92 Å². The summed E-state index contributed by atoms with van der Waals surface area (Å²) >= 11 is 0. The number of amides is 2. The van der Waals surface area contributed by atoms with Gasteiger partial charge in [-0.25, -0.2) is 0 Å². The van der Waals surface area contributed by atoms with Crippen LogP contribution in [-0.2, 0) is 16.0 Å². The molecule has 1 fully saturated rings. The van der Waals surface area contributed by atoms with Crippen molar-refractivity contribution in [2.45, 2.75) is 57.4 Å². The molecule has 0 saturated heterocycles. The summed E-state index contributed by atoms with van der Waals surface area (Å²) in [6, 6.07) is 7.46. The fourth-order valence-electron chi connectivity index (χ4n) is 3.72. The summed E-state index contributed by atoms with van der Waals surface area (Å²) < 4.78 is 5.19. The van der Waals surface area contributed by atoms with Crippen LogP contribution in [-0.4, -0.2) is 24.5 Å². The van der Waals surface area contributed by atoms with Gasteiger partial charge in [0.1, 0.15) is 5.75 Å². The molecule has 1 saturated carbocycles. The van der Waals surface area contributed by atoms with Crippen molar-refractivity contribution in [2.75, 3.05) is 7.11 Å². The molecule has 132 valence electrons. The van der Waals surface area contributed by atoms with E-state index < -0.39 is 5.54 Å². The lowest BCUT2D eigenvalue weighted by molar-refractivity contribution is -0.125. The summed E-state index contributed by atoms with van der Waals surface area (Å²) in [4.78, 5) is 24.1. The maximum atomic E-state index is 12.5. The Morgan fingerprint density at radius 1 is 1.29 bits per heavy atom. The Balaban J connectivity index is 2.06.